The second-order valence-corrected chi connectivity index (χ2v) is 14.8. The van der Waals surface area contributed by atoms with Crippen LogP contribution in [0, 0.1) is 0 Å². The highest BCUT2D eigenvalue weighted by Gasteiger charge is 2.44. The third-order valence-corrected chi connectivity index (χ3v) is 10.0. The summed E-state index contributed by atoms with van der Waals surface area (Å²) in [5.74, 6) is -0.185. The van der Waals surface area contributed by atoms with Gasteiger partial charge < -0.3 is 40.3 Å². The lowest BCUT2D eigenvalue weighted by Gasteiger charge is -2.40. The molecule has 1 fully saturated rings. The fourth-order valence-corrected chi connectivity index (χ4v) is 6.56. The Kier molecular flexibility index (Phi) is 31.1. The summed E-state index contributed by atoms with van der Waals surface area (Å²) in [6.07, 6.45) is 31.4. The van der Waals surface area contributed by atoms with E-state index in [1.165, 1.54) is 116 Å². The third-order valence-electron chi connectivity index (χ3n) is 10.0. The smallest absolute Gasteiger partial charge is 0.220 e. The number of rotatable bonds is 34. The Hall–Kier alpha value is -1.33. The van der Waals surface area contributed by atoms with Crippen molar-refractivity contribution in [2.45, 2.75) is 224 Å². The first-order chi connectivity index (χ1) is 24.8. The molecule has 7 unspecified atom stereocenters. The van der Waals surface area contributed by atoms with E-state index in [-0.39, 0.29) is 12.5 Å². The van der Waals surface area contributed by atoms with Crippen LogP contribution in [-0.2, 0) is 14.3 Å². The lowest BCUT2D eigenvalue weighted by molar-refractivity contribution is -0.302. The van der Waals surface area contributed by atoms with Gasteiger partial charge >= 0.3 is 0 Å². The molecule has 0 bridgehead atoms. The SMILES string of the molecule is CCCCC/C=C/C(O)C(COC1OC(CO)C(O)C(O)C1O)NC(=O)CCCCCCCCCCCCC/C=C\CCCCCCCCCC. The normalized spacial score (nSPS) is 22.2. The molecular weight excluding hydrogens is 646 g/mol. The van der Waals surface area contributed by atoms with Gasteiger partial charge in [0.05, 0.1) is 25.4 Å². The summed E-state index contributed by atoms with van der Waals surface area (Å²) in [4.78, 5) is 12.8. The van der Waals surface area contributed by atoms with Crippen molar-refractivity contribution in [2.24, 2.45) is 0 Å². The van der Waals surface area contributed by atoms with E-state index in [4.69, 9.17) is 9.47 Å². The number of unbranched alkanes of at least 4 members (excludes halogenated alkanes) is 22. The third kappa shape index (κ3) is 24.6. The van der Waals surface area contributed by atoms with E-state index in [2.05, 4.69) is 31.3 Å². The van der Waals surface area contributed by atoms with Crippen LogP contribution in [-0.4, -0.2) is 87.5 Å². The molecule has 9 nitrogen and oxygen atoms in total. The fourth-order valence-electron chi connectivity index (χ4n) is 6.56. The van der Waals surface area contributed by atoms with Gasteiger partial charge in [-0.2, -0.15) is 0 Å². The van der Waals surface area contributed by atoms with Crippen LogP contribution >= 0.6 is 0 Å². The zero-order valence-electron chi connectivity index (χ0n) is 32.6. The van der Waals surface area contributed by atoms with E-state index in [0.717, 1.165) is 44.9 Å². The van der Waals surface area contributed by atoms with Crippen LogP contribution in [0.4, 0.5) is 0 Å². The largest absolute Gasteiger partial charge is 0.394 e. The van der Waals surface area contributed by atoms with Gasteiger partial charge in [-0.05, 0) is 44.9 Å². The number of amides is 1. The summed E-state index contributed by atoms with van der Waals surface area (Å²) in [5.41, 5.74) is 0. The van der Waals surface area contributed by atoms with Crippen molar-refractivity contribution in [3.63, 3.8) is 0 Å². The van der Waals surface area contributed by atoms with Gasteiger partial charge in [0, 0.05) is 6.42 Å². The van der Waals surface area contributed by atoms with Gasteiger partial charge in [-0.15, -0.1) is 0 Å². The highest BCUT2D eigenvalue weighted by molar-refractivity contribution is 5.76. The molecule has 300 valence electrons. The minimum absolute atomic E-state index is 0.185. The molecule has 0 spiro atoms. The average molecular weight is 726 g/mol. The Labute approximate surface area is 311 Å². The van der Waals surface area contributed by atoms with Gasteiger partial charge in [-0.3, -0.25) is 4.79 Å². The number of hydrogen-bond donors (Lipinski definition) is 6. The van der Waals surface area contributed by atoms with E-state index < -0.39 is 49.5 Å². The Balaban J connectivity index is 2.17. The summed E-state index contributed by atoms with van der Waals surface area (Å²) in [7, 11) is 0. The molecule has 6 N–H and O–H groups in total. The van der Waals surface area contributed by atoms with Crippen LogP contribution in [0.1, 0.15) is 181 Å². The lowest BCUT2D eigenvalue weighted by atomic mass is 9.99. The standard InChI is InChI=1S/C42H79NO8/c1-3-5-7-9-10-11-12-13-14-15-16-17-18-19-20-21-22-23-24-25-26-28-30-32-38(46)43-35(36(45)31-29-27-8-6-4-2)34-50-42-41(49)40(48)39(47)37(33-44)51-42/h15-16,29,31,35-37,39-42,44-45,47-49H,3-14,17-28,30,32-34H2,1-2H3,(H,43,46)/b16-15-,31-29+. The van der Waals surface area contributed by atoms with Crippen molar-refractivity contribution < 1.29 is 39.8 Å². The number of allylic oxidation sites excluding steroid dienone is 3. The maximum absolute atomic E-state index is 12.8. The number of nitrogens with one attached hydrogen (secondary N) is 1. The number of hydrogen-bond acceptors (Lipinski definition) is 8. The maximum Gasteiger partial charge on any atom is 0.220 e. The Bertz CT molecular complexity index is 853. The van der Waals surface area contributed by atoms with Crippen LogP contribution in [0.15, 0.2) is 24.3 Å². The Morgan fingerprint density at radius 1 is 0.647 bits per heavy atom. The maximum atomic E-state index is 12.8. The molecule has 1 aliphatic heterocycles. The van der Waals surface area contributed by atoms with Gasteiger partial charge in [0.1, 0.15) is 24.4 Å². The van der Waals surface area contributed by atoms with Crippen LogP contribution in [0.3, 0.4) is 0 Å². The molecule has 1 rings (SSSR count). The number of aliphatic hydroxyl groups excluding tert-OH is 5. The summed E-state index contributed by atoms with van der Waals surface area (Å²) in [5, 5.41) is 53.6. The highest BCUT2D eigenvalue weighted by atomic mass is 16.7. The zero-order chi connectivity index (χ0) is 37.4. The first-order valence-corrected chi connectivity index (χ1v) is 21.1. The van der Waals surface area contributed by atoms with Crippen molar-refractivity contribution in [1.82, 2.24) is 5.32 Å². The molecule has 0 aromatic heterocycles. The monoisotopic (exact) mass is 726 g/mol. The summed E-state index contributed by atoms with van der Waals surface area (Å²) in [6, 6.07) is -0.798. The molecule has 0 radical (unpaired) electrons. The molecule has 0 aliphatic carbocycles. The van der Waals surface area contributed by atoms with Crippen molar-refractivity contribution >= 4 is 5.91 Å². The van der Waals surface area contributed by atoms with Gasteiger partial charge in [0.15, 0.2) is 6.29 Å². The molecule has 51 heavy (non-hydrogen) atoms. The predicted octanol–water partition coefficient (Wildman–Crippen LogP) is 7.94. The zero-order valence-corrected chi connectivity index (χ0v) is 32.6. The number of carbonyl (C=O) groups excluding carboxylic acids is 1. The van der Waals surface area contributed by atoms with Crippen molar-refractivity contribution in [3.05, 3.63) is 24.3 Å². The topological polar surface area (TPSA) is 149 Å². The molecule has 0 aromatic carbocycles. The van der Waals surface area contributed by atoms with E-state index in [0.29, 0.717) is 6.42 Å². The molecular formula is C42H79NO8. The summed E-state index contributed by atoms with van der Waals surface area (Å²) < 4.78 is 11.1. The van der Waals surface area contributed by atoms with Crippen LogP contribution in [0.25, 0.3) is 0 Å². The van der Waals surface area contributed by atoms with Crippen LogP contribution in [0.2, 0.25) is 0 Å². The Morgan fingerprint density at radius 3 is 1.63 bits per heavy atom. The molecule has 1 heterocycles. The van der Waals surface area contributed by atoms with Gasteiger partial charge in [0.25, 0.3) is 0 Å². The van der Waals surface area contributed by atoms with Crippen molar-refractivity contribution in [2.75, 3.05) is 13.2 Å². The minimum Gasteiger partial charge on any atom is -0.394 e. The van der Waals surface area contributed by atoms with E-state index >= 15 is 0 Å². The van der Waals surface area contributed by atoms with Gasteiger partial charge in [0.2, 0.25) is 5.91 Å². The Morgan fingerprint density at radius 2 is 1.10 bits per heavy atom. The lowest BCUT2D eigenvalue weighted by Crippen LogP contribution is -2.60. The first kappa shape index (κ1) is 47.7. The molecule has 0 aromatic rings. The number of carbonyl (C=O) groups is 1. The van der Waals surface area contributed by atoms with E-state index in [1.54, 1.807) is 6.08 Å². The molecule has 1 amide bonds. The van der Waals surface area contributed by atoms with Crippen molar-refractivity contribution in [1.29, 1.82) is 0 Å². The van der Waals surface area contributed by atoms with Crippen LogP contribution in [0.5, 0.6) is 0 Å². The second-order valence-electron chi connectivity index (χ2n) is 14.8. The number of aliphatic hydroxyl groups is 5. The van der Waals surface area contributed by atoms with E-state index in [1.807, 2.05) is 6.08 Å². The molecule has 9 heteroatoms. The van der Waals surface area contributed by atoms with Crippen molar-refractivity contribution in [3.8, 4) is 0 Å². The van der Waals surface area contributed by atoms with E-state index in [9.17, 15) is 30.3 Å². The molecule has 7 atom stereocenters. The number of ether oxygens (including phenoxy) is 2. The highest BCUT2D eigenvalue weighted by Crippen LogP contribution is 2.22. The predicted molar refractivity (Wildman–Crippen MR) is 207 cm³/mol. The summed E-state index contributed by atoms with van der Waals surface area (Å²) in [6.45, 7) is 3.65. The average Bonchev–Trinajstić information content (AvgIpc) is 3.13. The quantitative estimate of drug-likeness (QED) is 0.0289. The summed E-state index contributed by atoms with van der Waals surface area (Å²) >= 11 is 0. The molecule has 0 saturated carbocycles. The molecule has 1 aliphatic rings. The second kappa shape index (κ2) is 33.3. The van der Waals surface area contributed by atoms with Crippen LogP contribution < -0.4 is 5.32 Å². The molecule has 1 saturated heterocycles. The van der Waals surface area contributed by atoms with Gasteiger partial charge in [-0.25, -0.2) is 0 Å². The van der Waals surface area contributed by atoms with Gasteiger partial charge in [-0.1, -0.05) is 154 Å². The minimum atomic E-state index is -1.56. The fraction of sp³-hybridized carbons (Fsp3) is 0.881. The first-order valence-electron chi connectivity index (χ1n) is 21.1.